The van der Waals surface area contributed by atoms with Crippen LogP contribution in [0.2, 0.25) is 0 Å². The van der Waals surface area contributed by atoms with Crippen LogP contribution in [-0.2, 0) is 0 Å². The average molecular weight is 370 g/mol. The van der Waals surface area contributed by atoms with E-state index in [4.69, 9.17) is 9.15 Å². The summed E-state index contributed by atoms with van der Waals surface area (Å²) in [5.41, 5.74) is 1.64. The molecule has 0 bridgehead atoms. The topological polar surface area (TPSA) is 115 Å². The maximum atomic E-state index is 12.4. The Bertz CT molecular complexity index is 993. The first-order valence-electron chi connectivity index (χ1n) is 8.18. The van der Waals surface area contributed by atoms with Gasteiger partial charge < -0.3 is 19.6 Å². The van der Waals surface area contributed by atoms with Crippen molar-refractivity contribution in [3.05, 3.63) is 69.5 Å². The number of nitro groups is 1. The van der Waals surface area contributed by atoms with Gasteiger partial charge in [-0.2, -0.15) is 0 Å². The maximum Gasteiger partial charge on any atom is 0.287 e. The molecule has 0 aliphatic carbocycles. The normalized spacial score (nSPS) is 12.0. The molecule has 1 heterocycles. The summed E-state index contributed by atoms with van der Waals surface area (Å²) in [7, 11) is 1.56. The number of benzene rings is 2. The van der Waals surface area contributed by atoms with Gasteiger partial charge in [0.15, 0.2) is 5.76 Å². The predicted octanol–water partition coefficient (Wildman–Crippen LogP) is 3.12. The molecular formula is C19H18N2O6. The Morgan fingerprint density at radius 3 is 2.63 bits per heavy atom. The molecule has 27 heavy (non-hydrogen) atoms. The zero-order valence-corrected chi connectivity index (χ0v) is 14.8. The van der Waals surface area contributed by atoms with E-state index in [1.165, 1.54) is 24.3 Å². The lowest BCUT2D eigenvalue weighted by molar-refractivity contribution is -0.384. The lowest BCUT2D eigenvalue weighted by atomic mass is 10.1. The van der Waals surface area contributed by atoms with Crippen LogP contribution in [0.3, 0.4) is 0 Å². The highest BCUT2D eigenvalue weighted by molar-refractivity contribution is 5.99. The van der Waals surface area contributed by atoms with Crippen LogP contribution in [0.25, 0.3) is 11.0 Å². The second-order valence-electron chi connectivity index (χ2n) is 5.99. The molecule has 8 heteroatoms. The second-order valence-corrected chi connectivity index (χ2v) is 5.99. The number of nitro benzene ring substituents is 1. The van der Waals surface area contributed by atoms with E-state index in [1.807, 2.05) is 0 Å². The summed E-state index contributed by atoms with van der Waals surface area (Å²) in [4.78, 5) is 22.6. The number of ether oxygens (including phenoxy) is 1. The van der Waals surface area contributed by atoms with Gasteiger partial charge in [-0.05, 0) is 42.8 Å². The molecule has 140 valence electrons. The molecule has 1 atom stereocenters. The number of non-ortho nitro benzene ring substituents is 1. The Kier molecular flexibility index (Phi) is 5.09. The van der Waals surface area contributed by atoms with Crippen LogP contribution in [-0.4, -0.2) is 29.6 Å². The molecule has 0 radical (unpaired) electrons. The number of carbonyl (C=O) groups excluding carboxylic acids is 1. The number of amides is 1. The van der Waals surface area contributed by atoms with Crippen molar-refractivity contribution in [1.29, 1.82) is 0 Å². The monoisotopic (exact) mass is 370 g/mol. The van der Waals surface area contributed by atoms with Gasteiger partial charge in [0.05, 0.1) is 18.1 Å². The Balaban J connectivity index is 1.71. The Morgan fingerprint density at radius 1 is 1.30 bits per heavy atom. The van der Waals surface area contributed by atoms with Crippen molar-refractivity contribution in [1.82, 2.24) is 5.32 Å². The van der Waals surface area contributed by atoms with E-state index in [0.29, 0.717) is 22.5 Å². The van der Waals surface area contributed by atoms with Gasteiger partial charge in [0.1, 0.15) is 11.3 Å². The minimum Gasteiger partial charge on any atom is -0.497 e. The number of hydrogen-bond donors (Lipinski definition) is 2. The van der Waals surface area contributed by atoms with Crippen molar-refractivity contribution in [2.45, 2.75) is 13.0 Å². The Labute approximate surface area is 154 Å². The molecular weight excluding hydrogens is 352 g/mol. The zero-order chi connectivity index (χ0) is 19.6. The van der Waals surface area contributed by atoms with Crippen LogP contribution >= 0.6 is 0 Å². The van der Waals surface area contributed by atoms with Crippen LogP contribution in [0.4, 0.5) is 5.69 Å². The van der Waals surface area contributed by atoms with E-state index in [-0.39, 0.29) is 18.0 Å². The summed E-state index contributed by atoms with van der Waals surface area (Å²) < 4.78 is 10.8. The summed E-state index contributed by atoms with van der Waals surface area (Å²) >= 11 is 0. The fourth-order valence-corrected chi connectivity index (χ4v) is 2.75. The summed E-state index contributed by atoms with van der Waals surface area (Å²) in [5, 5.41) is 24.3. The van der Waals surface area contributed by atoms with Crippen LogP contribution in [0, 0.1) is 17.0 Å². The van der Waals surface area contributed by atoms with Gasteiger partial charge in [-0.15, -0.1) is 0 Å². The van der Waals surface area contributed by atoms with E-state index < -0.39 is 16.9 Å². The molecule has 0 saturated heterocycles. The standard InChI is InChI=1S/C19H18N2O6/c1-11-15-9-14(26-2)7-8-17(15)27-18(11)19(23)20-10-16(22)12-3-5-13(6-4-12)21(24)25/h3-9,16,22H,10H2,1-2H3,(H,20,23)/t16-/m1/s1. The second kappa shape index (κ2) is 7.46. The highest BCUT2D eigenvalue weighted by Gasteiger charge is 2.19. The van der Waals surface area contributed by atoms with Gasteiger partial charge in [0.2, 0.25) is 0 Å². The van der Waals surface area contributed by atoms with Gasteiger partial charge in [0.25, 0.3) is 11.6 Å². The molecule has 1 amide bonds. The molecule has 0 spiro atoms. The molecule has 0 unspecified atom stereocenters. The number of aryl methyl sites for hydroxylation is 1. The van der Waals surface area contributed by atoms with E-state index in [2.05, 4.69) is 5.32 Å². The number of aliphatic hydroxyl groups is 1. The third-order valence-electron chi connectivity index (χ3n) is 4.29. The number of carbonyl (C=O) groups is 1. The lowest BCUT2D eigenvalue weighted by Crippen LogP contribution is -2.28. The van der Waals surface area contributed by atoms with E-state index >= 15 is 0 Å². The van der Waals surface area contributed by atoms with Gasteiger partial charge in [-0.3, -0.25) is 14.9 Å². The molecule has 2 N–H and O–H groups in total. The van der Waals surface area contributed by atoms with Crippen LogP contribution in [0.1, 0.15) is 27.8 Å². The smallest absolute Gasteiger partial charge is 0.287 e. The summed E-state index contributed by atoms with van der Waals surface area (Å²) in [6.07, 6.45) is -1.00. The molecule has 0 aliphatic heterocycles. The van der Waals surface area contributed by atoms with Crippen molar-refractivity contribution >= 4 is 22.6 Å². The van der Waals surface area contributed by atoms with E-state index in [1.54, 1.807) is 32.2 Å². The molecule has 3 aromatic rings. The average Bonchev–Trinajstić information content (AvgIpc) is 3.02. The van der Waals surface area contributed by atoms with Gasteiger partial charge >= 0.3 is 0 Å². The predicted molar refractivity (Wildman–Crippen MR) is 97.9 cm³/mol. The number of methoxy groups -OCH3 is 1. The third kappa shape index (κ3) is 3.75. The first kappa shape index (κ1) is 18.4. The van der Waals surface area contributed by atoms with E-state index in [9.17, 15) is 20.0 Å². The molecule has 3 rings (SSSR count). The van der Waals surface area contributed by atoms with Crippen molar-refractivity contribution in [2.24, 2.45) is 0 Å². The van der Waals surface area contributed by atoms with Gasteiger partial charge in [-0.25, -0.2) is 0 Å². The van der Waals surface area contributed by atoms with Crippen molar-refractivity contribution in [3.8, 4) is 5.75 Å². The molecule has 0 aliphatic rings. The minimum absolute atomic E-state index is 0.0591. The fourth-order valence-electron chi connectivity index (χ4n) is 2.75. The lowest BCUT2D eigenvalue weighted by Gasteiger charge is -2.11. The molecule has 0 fully saturated rings. The van der Waals surface area contributed by atoms with Crippen LogP contribution in [0.15, 0.2) is 46.9 Å². The Hall–Kier alpha value is -3.39. The Morgan fingerprint density at radius 2 is 2.00 bits per heavy atom. The van der Waals surface area contributed by atoms with Crippen LogP contribution < -0.4 is 10.1 Å². The highest BCUT2D eigenvalue weighted by atomic mass is 16.6. The fraction of sp³-hybridized carbons (Fsp3) is 0.211. The summed E-state index contributed by atoms with van der Waals surface area (Å²) in [5.74, 6) is 0.365. The zero-order valence-electron chi connectivity index (χ0n) is 14.8. The first-order chi connectivity index (χ1) is 12.9. The van der Waals surface area contributed by atoms with Crippen LogP contribution in [0.5, 0.6) is 5.75 Å². The van der Waals surface area contributed by atoms with Crippen molar-refractivity contribution < 1.29 is 24.0 Å². The minimum atomic E-state index is -1.00. The molecule has 8 nitrogen and oxygen atoms in total. The number of aliphatic hydroxyl groups excluding tert-OH is 1. The van der Waals surface area contributed by atoms with E-state index in [0.717, 1.165) is 5.39 Å². The molecule has 1 aromatic heterocycles. The summed E-state index contributed by atoms with van der Waals surface area (Å²) in [6.45, 7) is 1.71. The number of fused-ring (bicyclic) bond motifs is 1. The number of furan rings is 1. The van der Waals surface area contributed by atoms with Crippen molar-refractivity contribution in [3.63, 3.8) is 0 Å². The first-order valence-corrected chi connectivity index (χ1v) is 8.18. The summed E-state index contributed by atoms with van der Waals surface area (Å²) in [6, 6.07) is 10.8. The molecule has 0 saturated carbocycles. The number of nitrogens with zero attached hydrogens (tertiary/aromatic N) is 1. The number of hydrogen-bond acceptors (Lipinski definition) is 6. The SMILES string of the molecule is COc1ccc2oc(C(=O)NC[C@@H](O)c3ccc([N+](=O)[O-])cc3)c(C)c2c1. The third-order valence-corrected chi connectivity index (χ3v) is 4.29. The largest absolute Gasteiger partial charge is 0.497 e. The quantitative estimate of drug-likeness (QED) is 0.509. The van der Waals surface area contributed by atoms with Gasteiger partial charge in [0, 0.05) is 29.6 Å². The van der Waals surface area contributed by atoms with Crippen molar-refractivity contribution in [2.75, 3.05) is 13.7 Å². The number of rotatable bonds is 6. The maximum absolute atomic E-state index is 12.4. The molecule has 2 aromatic carbocycles. The number of nitrogens with one attached hydrogen (secondary N) is 1. The highest BCUT2D eigenvalue weighted by Crippen LogP contribution is 2.28. The van der Waals surface area contributed by atoms with Gasteiger partial charge in [-0.1, -0.05) is 0 Å².